The molecular formula is C13H18N2O2. The molecule has 1 fully saturated rings. The summed E-state index contributed by atoms with van der Waals surface area (Å²) < 4.78 is 5.82. The zero-order valence-electron chi connectivity index (χ0n) is 10.3. The van der Waals surface area contributed by atoms with E-state index >= 15 is 0 Å². The van der Waals surface area contributed by atoms with E-state index in [0.717, 1.165) is 18.7 Å². The van der Waals surface area contributed by atoms with Crippen molar-refractivity contribution in [3.8, 4) is 5.75 Å². The van der Waals surface area contributed by atoms with Crippen LogP contribution in [0.2, 0.25) is 0 Å². The van der Waals surface area contributed by atoms with Gasteiger partial charge in [-0.1, -0.05) is 18.2 Å². The van der Waals surface area contributed by atoms with Gasteiger partial charge < -0.3 is 14.5 Å². The molecule has 0 N–H and O–H groups in total. The van der Waals surface area contributed by atoms with Crippen LogP contribution < -0.4 is 4.74 Å². The maximum atomic E-state index is 11.7. The number of urea groups is 1. The van der Waals surface area contributed by atoms with E-state index in [2.05, 4.69) is 0 Å². The highest BCUT2D eigenvalue weighted by Crippen LogP contribution is 2.18. The molecule has 1 aliphatic rings. The molecule has 1 aromatic rings. The van der Waals surface area contributed by atoms with Gasteiger partial charge in [0.05, 0.1) is 6.54 Å². The van der Waals surface area contributed by atoms with Crippen molar-refractivity contribution in [3.05, 3.63) is 30.3 Å². The molecule has 2 rings (SSSR count). The standard InChI is InChI=1S/C13H18N2O2/c1-14(2)13(16)15-9-8-12(10-15)17-11-6-4-3-5-7-11/h3-7,12H,8-10H2,1-2H3. The van der Waals surface area contributed by atoms with E-state index in [4.69, 9.17) is 4.74 Å². The first-order chi connectivity index (χ1) is 8.16. The van der Waals surface area contributed by atoms with Crippen molar-refractivity contribution in [1.82, 2.24) is 9.80 Å². The number of rotatable bonds is 2. The van der Waals surface area contributed by atoms with E-state index in [1.165, 1.54) is 0 Å². The number of ether oxygens (including phenoxy) is 1. The molecule has 1 unspecified atom stereocenters. The Kier molecular flexibility index (Phi) is 3.52. The van der Waals surface area contributed by atoms with Gasteiger partial charge in [0.25, 0.3) is 0 Å². The molecule has 2 amide bonds. The lowest BCUT2D eigenvalue weighted by Gasteiger charge is -2.21. The Balaban J connectivity index is 1.88. The SMILES string of the molecule is CN(C)C(=O)N1CCC(Oc2ccccc2)C1. The summed E-state index contributed by atoms with van der Waals surface area (Å²) in [6.45, 7) is 1.44. The minimum absolute atomic E-state index is 0.0594. The van der Waals surface area contributed by atoms with Gasteiger partial charge in [0.15, 0.2) is 0 Å². The average Bonchev–Trinajstić information content (AvgIpc) is 2.77. The Morgan fingerprint density at radius 1 is 1.35 bits per heavy atom. The van der Waals surface area contributed by atoms with Gasteiger partial charge in [-0.25, -0.2) is 4.79 Å². The average molecular weight is 234 g/mol. The number of hydrogen-bond donors (Lipinski definition) is 0. The maximum Gasteiger partial charge on any atom is 0.319 e. The quantitative estimate of drug-likeness (QED) is 0.782. The normalized spacial score (nSPS) is 19.2. The van der Waals surface area contributed by atoms with Crippen molar-refractivity contribution >= 4 is 6.03 Å². The summed E-state index contributed by atoms with van der Waals surface area (Å²) in [7, 11) is 3.54. The zero-order chi connectivity index (χ0) is 12.3. The molecule has 4 nitrogen and oxygen atoms in total. The van der Waals surface area contributed by atoms with Gasteiger partial charge in [-0.2, -0.15) is 0 Å². The van der Waals surface area contributed by atoms with E-state index in [1.54, 1.807) is 19.0 Å². The highest BCUT2D eigenvalue weighted by molar-refractivity contribution is 5.74. The minimum atomic E-state index is 0.0594. The number of hydrogen-bond acceptors (Lipinski definition) is 2. The molecule has 1 saturated heterocycles. The van der Waals surface area contributed by atoms with Gasteiger partial charge >= 0.3 is 6.03 Å². The number of carbonyl (C=O) groups excluding carboxylic acids is 1. The smallest absolute Gasteiger partial charge is 0.319 e. The number of benzene rings is 1. The summed E-state index contributed by atoms with van der Waals surface area (Å²) in [6.07, 6.45) is 1.01. The van der Waals surface area contributed by atoms with Gasteiger partial charge in [0.2, 0.25) is 0 Å². The molecule has 0 spiro atoms. The largest absolute Gasteiger partial charge is 0.489 e. The molecule has 4 heteroatoms. The molecule has 0 saturated carbocycles. The number of para-hydroxylation sites is 1. The second kappa shape index (κ2) is 5.08. The molecule has 1 aliphatic heterocycles. The first-order valence-electron chi connectivity index (χ1n) is 5.85. The van der Waals surface area contributed by atoms with Gasteiger partial charge in [0.1, 0.15) is 11.9 Å². The second-order valence-electron chi connectivity index (χ2n) is 4.46. The molecule has 0 aromatic heterocycles. The Morgan fingerprint density at radius 2 is 2.06 bits per heavy atom. The lowest BCUT2D eigenvalue weighted by atomic mass is 10.3. The molecule has 0 bridgehead atoms. The van der Waals surface area contributed by atoms with Crippen molar-refractivity contribution in [2.75, 3.05) is 27.2 Å². The molecular weight excluding hydrogens is 216 g/mol. The van der Waals surface area contributed by atoms with E-state index in [9.17, 15) is 4.79 Å². The Morgan fingerprint density at radius 3 is 2.71 bits per heavy atom. The van der Waals surface area contributed by atoms with Gasteiger partial charge in [-0.3, -0.25) is 0 Å². The second-order valence-corrected chi connectivity index (χ2v) is 4.46. The number of likely N-dealkylation sites (tertiary alicyclic amines) is 1. The van der Waals surface area contributed by atoms with Crippen LogP contribution in [0, 0.1) is 0 Å². The zero-order valence-corrected chi connectivity index (χ0v) is 10.3. The number of nitrogens with zero attached hydrogens (tertiary/aromatic N) is 2. The van der Waals surface area contributed by atoms with E-state index in [1.807, 2.05) is 35.2 Å². The van der Waals surface area contributed by atoms with Crippen LogP contribution in [-0.2, 0) is 0 Å². The maximum absolute atomic E-state index is 11.7. The Bertz CT molecular complexity index is 378. The molecule has 1 atom stereocenters. The van der Waals surface area contributed by atoms with Crippen molar-refractivity contribution in [1.29, 1.82) is 0 Å². The summed E-state index contributed by atoms with van der Waals surface area (Å²) in [5.41, 5.74) is 0. The van der Waals surface area contributed by atoms with Crippen LogP contribution in [0.25, 0.3) is 0 Å². The first-order valence-corrected chi connectivity index (χ1v) is 5.85. The summed E-state index contributed by atoms with van der Waals surface area (Å²) in [5.74, 6) is 0.872. The molecule has 0 radical (unpaired) electrons. The van der Waals surface area contributed by atoms with Crippen LogP contribution in [0.4, 0.5) is 4.79 Å². The first kappa shape index (κ1) is 11.8. The van der Waals surface area contributed by atoms with Crippen molar-refractivity contribution in [2.45, 2.75) is 12.5 Å². The molecule has 1 aromatic carbocycles. The van der Waals surface area contributed by atoms with Gasteiger partial charge in [-0.05, 0) is 12.1 Å². The van der Waals surface area contributed by atoms with Gasteiger partial charge in [0, 0.05) is 27.1 Å². The molecule has 1 heterocycles. The third-order valence-electron chi connectivity index (χ3n) is 2.84. The van der Waals surface area contributed by atoms with Crippen LogP contribution in [0.3, 0.4) is 0 Å². The summed E-state index contributed by atoms with van der Waals surface area (Å²) in [6, 6.07) is 9.81. The third kappa shape index (κ3) is 2.90. The molecule has 17 heavy (non-hydrogen) atoms. The van der Waals surface area contributed by atoms with E-state index < -0.39 is 0 Å². The Hall–Kier alpha value is -1.71. The van der Waals surface area contributed by atoms with Gasteiger partial charge in [-0.15, -0.1) is 0 Å². The van der Waals surface area contributed by atoms with E-state index in [-0.39, 0.29) is 12.1 Å². The number of amides is 2. The molecule has 0 aliphatic carbocycles. The topological polar surface area (TPSA) is 32.8 Å². The fourth-order valence-corrected chi connectivity index (χ4v) is 1.97. The lowest BCUT2D eigenvalue weighted by Crippen LogP contribution is -2.38. The highest BCUT2D eigenvalue weighted by atomic mass is 16.5. The number of carbonyl (C=O) groups is 1. The van der Waals surface area contributed by atoms with Crippen LogP contribution in [0.1, 0.15) is 6.42 Å². The Labute approximate surface area is 102 Å². The lowest BCUT2D eigenvalue weighted by molar-refractivity contribution is 0.168. The summed E-state index contributed by atoms with van der Waals surface area (Å²) in [5, 5.41) is 0. The van der Waals surface area contributed by atoms with Crippen LogP contribution >= 0.6 is 0 Å². The van der Waals surface area contributed by atoms with Crippen LogP contribution in [-0.4, -0.2) is 49.1 Å². The van der Waals surface area contributed by atoms with Crippen molar-refractivity contribution in [2.24, 2.45) is 0 Å². The van der Waals surface area contributed by atoms with Crippen molar-refractivity contribution in [3.63, 3.8) is 0 Å². The third-order valence-corrected chi connectivity index (χ3v) is 2.84. The monoisotopic (exact) mass is 234 g/mol. The molecule has 92 valence electrons. The van der Waals surface area contributed by atoms with Crippen molar-refractivity contribution < 1.29 is 9.53 Å². The highest BCUT2D eigenvalue weighted by Gasteiger charge is 2.28. The fourth-order valence-electron chi connectivity index (χ4n) is 1.97. The van der Waals surface area contributed by atoms with Crippen LogP contribution in [0.5, 0.6) is 5.75 Å². The predicted molar refractivity (Wildman–Crippen MR) is 66.1 cm³/mol. The van der Waals surface area contributed by atoms with Crippen LogP contribution in [0.15, 0.2) is 30.3 Å². The summed E-state index contributed by atoms with van der Waals surface area (Å²) in [4.78, 5) is 15.2. The minimum Gasteiger partial charge on any atom is -0.489 e. The van der Waals surface area contributed by atoms with E-state index in [0.29, 0.717) is 6.54 Å². The summed E-state index contributed by atoms with van der Waals surface area (Å²) >= 11 is 0. The fraction of sp³-hybridized carbons (Fsp3) is 0.462. The predicted octanol–water partition coefficient (Wildman–Crippen LogP) is 1.82.